The summed E-state index contributed by atoms with van der Waals surface area (Å²) in [6, 6.07) is 3.63. The van der Waals surface area contributed by atoms with Crippen LogP contribution < -0.4 is 10.6 Å². The number of nitrogens with one attached hydrogen (secondary N) is 2. The number of amides is 2. The molecule has 126 valence electrons. The third kappa shape index (κ3) is 3.36. The minimum absolute atomic E-state index is 0.0557. The van der Waals surface area contributed by atoms with E-state index in [0.717, 1.165) is 0 Å². The minimum atomic E-state index is -1.28. The van der Waals surface area contributed by atoms with E-state index in [-0.39, 0.29) is 12.2 Å². The van der Waals surface area contributed by atoms with E-state index in [1.54, 1.807) is 25.1 Å². The van der Waals surface area contributed by atoms with Crippen molar-refractivity contribution in [3.63, 3.8) is 0 Å². The molecule has 0 aliphatic rings. The molecule has 0 saturated carbocycles. The first-order chi connectivity index (χ1) is 11.4. The third-order valence-electron chi connectivity index (χ3n) is 3.41. The van der Waals surface area contributed by atoms with E-state index >= 15 is 0 Å². The molecule has 0 aliphatic heterocycles. The van der Waals surface area contributed by atoms with Crippen molar-refractivity contribution in [3.05, 3.63) is 35.5 Å². The number of hydrogen-bond acceptors (Lipinski definition) is 4. The second-order valence-corrected chi connectivity index (χ2v) is 5.23. The molecule has 24 heavy (non-hydrogen) atoms. The van der Waals surface area contributed by atoms with Gasteiger partial charge < -0.3 is 15.7 Å². The number of aryl methyl sites for hydroxylation is 1. The summed E-state index contributed by atoms with van der Waals surface area (Å²) in [4.78, 5) is 28.1. The Morgan fingerprint density at radius 1 is 1.50 bits per heavy atom. The first-order valence-corrected chi connectivity index (χ1v) is 7.20. The van der Waals surface area contributed by atoms with Crippen LogP contribution in [0.3, 0.4) is 0 Å². The van der Waals surface area contributed by atoms with E-state index in [4.69, 9.17) is 6.42 Å². The summed E-state index contributed by atoms with van der Waals surface area (Å²) in [5.41, 5.74) is 0.373. The van der Waals surface area contributed by atoms with Crippen molar-refractivity contribution in [2.45, 2.75) is 26.0 Å². The van der Waals surface area contributed by atoms with Crippen molar-refractivity contribution in [2.24, 2.45) is 0 Å². The topological polar surface area (TPSA) is 95.7 Å². The van der Waals surface area contributed by atoms with Crippen molar-refractivity contribution < 1.29 is 19.1 Å². The van der Waals surface area contributed by atoms with Gasteiger partial charge in [0.25, 0.3) is 5.91 Å². The van der Waals surface area contributed by atoms with Gasteiger partial charge in [0.05, 0.1) is 12.6 Å². The number of carbonyl (C=O) groups excluding carboxylic acids is 2. The Morgan fingerprint density at radius 3 is 2.79 bits per heavy atom. The molecule has 7 nitrogen and oxygen atoms in total. The lowest BCUT2D eigenvalue weighted by molar-refractivity contribution is -0.125. The number of pyridine rings is 1. The van der Waals surface area contributed by atoms with Crippen LogP contribution in [0.2, 0.25) is 0 Å². The molecule has 0 saturated heterocycles. The number of hydrogen-bond donors (Lipinski definition) is 3. The lowest BCUT2D eigenvalue weighted by atomic mass is 10.1. The SMILES string of the molecule is C#CCNC(=O)[C@@H](NC(=O)c1nc2cccc(C)n2c1F)[C@@H](C)O. The fourth-order valence-electron chi connectivity index (χ4n) is 2.22. The predicted octanol–water partition coefficient (Wildman–Crippen LogP) is 0.0104. The lowest BCUT2D eigenvalue weighted by Gasteiger charge is -2.19. The second kappa shape index (κ2) is 7.10. The smallest absolute Gasteiger partial charge is 0.275 e. The van der Waals surface area contributed by atoms with Gasteiger partial charge in [0.1, 0.15) is 11.7 Å². The van der Waals surface area contributed by atoms with Crippen molar-refractivity contribution in [3.8, 4) is 12.3 Å². The van der Waals surface area contributed by atoms with Crippen molar-refractivity contribution >= 4 is 17.5 Å². The van der Waals surface area contributed by atoms with E-state index in [2.05, 4.69) is 21.5 Å². The summed E-state index contributed by atoms with van der Waals surface area (Å²) >= 11 is 0. The summed E-state index contributed by atoms with van der Waals surface area (Å²) in [5, 5.41) is 14.3. The zero-order valence-electron chi connectivity index (χ0n) is 13.2. The standard InChI is InChI=1S/C16H17FN4O3/c1-4-8-18-15(23)12(10(3)22)20-16(24)13-14(17)21-9(2)6-5-7-11(21)19-13/h1,5-7,10,12,22H,8H2,2-3H3,(H,18,23)(H,20,24)/t10-,12+/m1/s1. The molecule has 0 radical (unpaired) electrons. The highest BCUT2D eigenvalue weighted by Crippen LogP contribution is 2.14. The van der Waals surface area contributed by atoms with Crippen LogP contribution in [-0.2, 0) is 4.79 Å². The van der Waals surface area contributed by atoms with Crippen LogP contribution in [0.1, 0.15) is 23.1 Å². The number of aliphatic hydroxyl groups excluding tert-OH is 1. The molecule has 0 bridgehead atoms. The first kappa shape index (κ1) is 17.4. The van der Waals surface area contributed by atoms with Crippen LogP contribution >= 0.6 is 0 Å². The van der Waals surface area contributed by atoms with Gasteiger partial charge in [0.2, 0.25) is 11.9 Å². The van der Waals surface area contributed by atoms with Gasteiger partial charge >= 0.3 is 0 Å². The maximum Gasteiger partial charge on any atom is 0.275 e. The number of halogens is 1. The molecule has 2 aromatic heterocycles. The minimum Gasteiger partial charge on any atom is -0.391 e. The Balaban J connectivity index is 2.28. The Morgan fingerprint density at radius 2 is 2.21 bits per heavy atom. The summed E-state index contributed by atoms with van der Waals surface area (Å²) in [5.74, 6) is -0.205. The molecule has 3 N–H and O–H groups in total. The number of rotatable bonds is 5. The summed E-state index contributed by atoms with van der Waals surface area (Å²) in [6.07, 6.45) is 3.85. The molecule has 0 unspecified atom stereocenters. The van der Waals surface area contributed by atoms with Crippen molar-refractivity contribution in [2.75, 3.05) is 6.54 Å². The first-order valence-electron chi connectivity index (χ1n) is 7.20. The number of aromatic nitrogens is 2. The van der Waals surface area contributed by atoms with Gasteiger partial charge in [0, 0.05) is 5.69 Å². The highest BCUT2D eigenvalue weighted by Gasteiger charge is 2.28. The summed E-state index contributed by atoms with van der Waals surface area (Å²) in [7, 11) is 0. The molecular weight excluding hydrogens is 315 g/mol. The van der Waals surface area contributed by atoms with E-state index in [1.165, 1.54) is 11.3 Å². The van der Waals surface area contributed by atoms with Crippen molar-refractivity contribution in [1.29, 1.82) is 0 Å². The van der Waals surface area contributed by atoms with E-state index in [0.29, 0.717) is 5.69 Å². The van der Waals surface area contributed by atoms with Crippen LogP contribution in [0.5, 0.6) is 0 Å². The Kier molecular flexibility index (Phi) is 5.16. The second-order valence-electron chi connectivity index (χ2n) is 5.23. The Labute approximate surface area is 137 Å². The van der Waals surface area contributed by atoms with Crippen LogP contribution in [0.25, 0.3) is 5.65 Å². The molecule has 8 heteroatoms. The highest BCUT2D eigenvalue weighted by atomic mass is 19.1. The highest BCUT2D eigenvalue weighted by molar-refractivity contribution is 5.97. The molecule has 2 aromatic rings. The number of terminal acetylenes is 1. The zero-order valence-corrected chi connectivity index (χ0v) is 13.2. The largest absolute Gasteiger partial charge is 0.391 e. The molecule has 2 rings (SSSR count). The molecular formula is C16H17FN4O3. The summed E-state index contributed by atoms with van der Waals surface area (Å²) in [6.45, 7) is 2.94. The van der Waals surface area contributed by atoms with Gasteiger partial charge in [-0.25, -0.2) is 4.98 Å². The average Bonchev–Trinajstić information content (AvgIpc) is 2.88. The number of imidazole rings is 1. The van der Waals surface area contributed by atoms with Gasteiger partial charge in [-0.05, 0) is 26.0 Å². The van der Waals surface area contributed by atoms with Gasteiger partial charge in [-0.15, -0.1) is 6.42 Å². The molecule has 2 amide bonds. The fraction of sp³-hybridized carbons (Fsp3) is 0.312. The Hall–Kier alpha value is -2.92. The quantitative estimate of drug-likeness (QED) is 0.672. The monoisotopic (exact) mass is 332 g/mol. The van der Waals surface area contributed by atoms with E-state index in [1.807, 2.05) is 0 Å². The Bertz CT molecular complexity index is 823. The lowest BCUT2D eigenvalue weighted by Crippen LogP contribution is -2.52. The number of aliphatic hydroxyl groups is 1. The van der Waals surface area contributed by atoms with Gasteiger partial charge in [0.15, 0.2) is 5.69 Å². The van der Waals surface area contributed by atoms with Crippen molar-refractivity contribution in [1.82, 2.24) is 20.0 Å². The zero-order chi connectivity index (χ0) is 17.9. The molecule has 2 atom stereocenters. The van der Waals surface area contributed by atoms with Crippen LogP contribution in [0.15, 0.2) is 18.2 Å². The average molecular weight is 332 g/mol. The normalized spacial score (nSPS) is 13.1. The third-order valence-corrected chi connectivity index (χ3v) is 3.41. The van der Waals surface area contributed by atoms with Crippen LogP contribution in [0.4, 0.5) is 4.39 Å². The number of nitrogens with zero attached hydrogens (tertiary/aromatic N) is 2. The van der Waals surface area contributed by atoms with Gasteiger partial charge in [-0.2, -0.15) is 4.39 Å². The molecule has 0 aromatic carbocycles. The van der Waals surface area contributed by atoms with E-state index in [9.17, 15) is 19.1 Å². The predicted molar refractivity (Wildman–Crippen MR) is 84.7 cm³/mol. The molecule has 2 heterocycles. The van der Waals surface area contributed by atoms with Crippen LogP contribution in [0, 0.1) is 25.2 Å². The van der Waals surface area contributed by atoms with Gasteiger partial charge in [-0.1, -0.05) is 12.0 Å². The maximum absolute atomic E-state index is 14.4. The molecule has 0 spiro atoms. The molecule has 0 aliphatic carbocycles. The van der Waals surface area contributed by atoms with E-state index < -0.39 is 35.6 Å². The molecule has 0 fully saturated rings. The maximum atomic E-state index is 14.4. The van der Waals surface area contributed by atoms with Crippen LogP contribution in [-0.4, -0.2) is 45.0 Å². The van der Waals surface area contributed by atoms with Gasteiger partial charge in [-0.3, -0.25) is 14.0 Å². The number of carbonyl (C=O) groups is 2. The summed E-state index contributed by atoms with van der Waals surface area (Å²) < 4.78 is 15.6. The number of fused-ring (bicyclic) bond motifs is 1. The fourth-order valence-corrected chi connectivity index (χ4v) is 2.22.